The number of nitrogens with two attached hydrogens (primary N) is 1. The van der Waals surface area contributed by atoms with Gasteiger partial charge in [0.1, 0.15) is 0 Å². The summed E-state index contributed by atoms with van der Waals surface area (Å²) in [4.78, 5) is 26.2. The van der Waals surface area contributed by atoms with Crippen molar-refractivity contribution >= 4 is 35.6 Å². The zero-order chi connectivity index (χ0) is 15.2. The number of likely N-dealkylation sites (N-methyl/N-ethyl adjacent to an activating group) is 1. The number of carbonyl (C=O) groups excluding carboxylic acids is 2. The molecule has 0 bridgehead atoms. The predicted molar refractivity (Wildman–Crippen MR) is 89.0 cm³/mol. The zero-order valence-corrected chi connectivity index (χ0v) is 14.4. The van der Waals surface area contributed by atoms with Crippen molar-refractivity contribution in [2.24, 2.45) is 5.73 Å². The maximum Gasteiger partial charge on any atom is 0.264 e. The Morgan fingerprint density at radius 3 is 2.43 bits per heavy atom. The van der Waals surface area contributed by atoms with Crippen LogP contribution >= 0.6 is 23.7 Å². The summed E-state index contributed by atoms with van der Waals surface area (Å²) in [6, 6.07) is 3.57. The van der Waals surface area contributed by atoms with E-state index >= 15 is 0 Å². The van der Waals surface area contributed by atoms with E-state index < -0.39 is 0 Å². The van der Waals surface area contributed by atoms with E-state index in [4.69, 9.17) is 5.73 Å². The normalized spacial score (nSPS) is 10.7. The zero-order valence-electron chi connectivity index (χ0n) is 12.7. The van der Waals surface area contributed by atoms with Gasteiger partial charge < -0.3 is 16.0 Å². The number of amides is 2. The molecule has 0 aliphatic heterocycles. The fraction of sp³-hybridized carbons (Fsp3) is 0.571. The molecule has 0 aliphatic rings. The molecular weight excluding hydrogens is 310 g/mol. The van der Waals surface area contributed by atoms with Gasteiger partial charge in [-0.2, -0.15) is 0 Å². The van der Waals surface area contributed by atoms with Crippen molar-refractivity contribution in [1.82, 2.24) is 10.2 Å². The highest BCUT2D eigenvalue weighted by Gasteiger charge is 2.27. The van der Waals surface area contributed by atoms with Crippen LogP contribution < -0.4 is 11.1 Å². The van der Waals surface area contributed by atoms with Gasteiger partial charge >= 0.3 is 0 Å². The molecule has 0 saturated heterocycles. The minimum absolute atomic E-state index is 0. The van der Waals surface area contributed by atoms with E-state index in [2.05, 4.69) is 5.32 Å². The van der Waals surface area contributed by atoms with Crippen LogP contribution in [0.4, 0.5) is 0 Å². The molecule has 1 heterocycles. The molecule has 1 aromatic heterocycles. The number of nitrogens with one attached hydrogen (secondary N) is 1. The molecular formula is C14H24ClN3O2S. The van der Waals surface area contributed by atoms with Gasteiger partial charge in [0.25, 0.3) is 5.91 Å². The SMILES string of the molecule is CCC(CC)(CN)NC(=O)CN(C)C(=O)c1cccs1.Cl. The number of halogens is 1. The van der Waals surface area contributed by atoms with E-state index in [9.17, 15) is 9.59 Å². The fourth-order valence-electron chi connectivity index (χ4n) is 1.98. The number of hydrogen-bond donors (Lipinski definition) is 2. The molecule has 0 saturated carbocycles. The molecule has 2 amide bonds. The maximum atomic E-state index is 12.1. The molecule has 1 aromatic rings. The second-order valence-electron chi connectivity index (χ2n) is 4.88. The number of nitrogens with zero attached hydrogens (tertiary/aromatic N) is 1. The predicted octanol–water partition coefficient (Wildman–Crippen LogP) is 1.88. The van der Waals surface area contributed by atoms with E-state index in [0.717, 1.165) is 12.8 Å². The Morgan fingerprint density at radius 1 is 1.38 bits per heavy atom. The molecule has 0 aliphatic carbocycles. The Labute approximate surface area is 136 Å². The maximum absolute atomic E-state index is 12.1. The topological polar surface area (TPSA) is 75.4 Å². The van der Waals surface area contributed by atoms with Gasteiger partial charge in [0.05, 0.1) is 17.0 Å². The molecule has 7 heteroatoms. The van der Waals surface area contributed by atoms with E-state index in [1.165, 1.54) is 16.2 Å². The van der Waals surface area contributed by atoms with E-state index in [1.54, 1.807) is 13.1 Å². The molecule has 120 valence electrons. The second-order valence-corrected chi connectivity index (χ2v) is 5.83. The van der Waals surface area contributed by atoms with Gasteiger partial charge in [-0.15, -0.1) is 23.7 Å². The van der Waals surface area contributed by atoms with Crippen LogP contribution in [0.15, 0.2) is 17.5 Å². The van der Waals surface area contributed by atoms with Gasteiger partial charge in [-0.3, -0.25) is 9.59 Å². The Morgan fingerprint density at radius 2 is 2.00 bits per heavy atom. The first-order valence-corrected chi connectivity index (χ1v) is 7.66. The van der Waals surface area contributed by atoms with Crippen molar-refractivity contribution in [3.05, 3.63) is 22.4 Å². The highest BCUT2D eigenvalue weighted by atomic mass is 35.5. The highest BCUT2D eigenvalue weighted by molar-refractivity contribution is 7.12. The molecule has 5 nitrogen and oxygen atoms in total. The molecule has 0 fully saturated rings. The van der Waals surface area contributed by atoms with Gasteiger partial charge in [-0.05, 0) is 24.3 Å². The molecule has 1 rings (SSSR count). The molecule has 0 atom stereocenters. The minimum Gasteiger partial charge on any atom is -0.348 e. The van der Waals surface area contributed by atoms with Crippen LogP contribution in [0.1, 0.15) is 36.4 Å². The number of carbonyl (C=O) groups is 2. The minimum atomic E-state index is -0.371. The molecule has 3 N–H and O–H groups in total. The summed E-state index contributed by atoms with van der Waals surface area (Å²) in [5.41, 5.74) is 5.38. The highest BCUT2D eigenvalue weighted by Crippen LogP contribution is 2.14. The van der Waals surface area contributed by atoms with Gasteiger partial charge in [0.15, 0.2) is 0 Å². The van der Waals surface area contributed by atoms with E-state index in [0.29, 0.717) is 11.4 Å². The number of thiophene rings is 1. The third kappa shape index (κ3) is 5.30. The Hall–Kier alpha value is -1.11. The third-order valence-electron chi connectivity index (χ3n) is 3.61. The van der Waals surface area contributed by atoms with Crippen LogP contribution in [-0.4, -0.2) is 42.4 Å². The van der Waals surface area contributed by atoms with Crippen LogP contribution in [0.25, 0.3) is 0 Å². The Bertz CT molecular complexity index is 439. The number of hydrogen-bond acceptors (Lipinski definition) is 4. The lowest BCUT2D eigenvalue weighted by molar-refractivity contribution is -0.123. The average Bonchev–Trinajstić information content (AvgIpc) is 2.98. The lowest BCUT2D eigenvalue weighted by atomic mass is 9.93. The van der Waals surface area contributed by atoms with Crippen LogP contribution in [0, 0.1) is 0 Å². The molecule has 0 unspecified atom stereocenters. The first-order chi connectivity index (χ1) is 9.48. The van der Waals surface area contributed by atoms with Crippen molar-refractivity contribution in [2.45, 2.75) is 32.2 Å². The lowest BCUT2D eigenvalue weighted by Gasteiger charge is -2.32. The molecule has 0 spiro atoms. The fourth-order valence-corrected chi connectivity index (χ4v) is 2.69. The van der Waals surface area contributed by atoms with Crippen LogP contribution in [0.5, 0.6) is 0 Å². The molecule has 0 aromatic carbocycles. The van der Waals surface area contributed by atoms with Crippen molar-refractivity contribution in [3.8, 4) is 0 Å². The monoisotopic (exact) mass is 333 g/mol. The smallest absolute Gasteiger partial charge is 0.264 e. The van der Waals surface area contributed by atoms with Gasteiger partial charge in [-0.1, -0.05) is 19.9 Å². The first kappa shape index (κ1) is 19.9. The third-order valence-corrected chi connectivity index (χ3v) is 4.47. The van der Waals surface area contributed by atoms with E-state index in [-0.39, 0.29) is 36.3 Å². The quantitative estimate of drug-likeness (QED) is 0.800. The molecule has 21 heavy (non-hydrogen) atoms. The second kappa shape index (κ2) is 9.02. The summed E-state index contributed by atoms with van der Waals surface area (Å²) in [7, 11) is 1.63. The van der Waals surface area contributed by atoms with Crippen molar-refractivity contribution in [3.63, 3.8) is 0 Å². The summed E-state index contributed by atoms with van der Waals surface area (Å²) in [5.74, 6) is -0.312. The summed E-state index contributed by atoms with van der Waals surface area (Å²) in [6.45, 7) is 4.43. The van der Waals surface area contributed by atoms with Crippen molar-refractivity contribution < 1.29 is 9.59 Å². The Balaban J connectivity index is 0.00000400. The first-order valence-electron chi connectivity index (χ1n) is 6.78. The summed E-state index contributed by atoms with van der Waals surface area (Å²) in [6.07, 6.45) is 1.54. The van der Waals surface area contributed by atoms with Gasteiger partial charge in [-0.25, -0.2) is 0 Å². The largest absolute Gasteiger partial charge is 0.348 e. The van der Waals surface area contributed by atoms with Crippen molar-refractivity contribution in [1.29, 1.82) is 0 Å². The Kier molecular flexibility index (Phi) is 8.54. The van der Waals surface area contributed by atoms with Gasteiger partial charge in [0, 0.05) is 13.6 Å². The van der Waals surface area contributed by atoms with Crippen LogP contribution in [0.2, 0.25) is 0 Å². The van der Waals surface area contributed by atoms with Crippen molar-refractivity contribution in [2.75, 3.05) is 20.1 Å². The average molecular weight is 334 g/mol. The van der Waals surface area contributed by atoms with Crippen LogP contribution in [-0.2, 0) is 4.79 Å². The summed E-state index contributed by atoms with van der Waals surface area (Å²) < 4.78 is 0. The molecule has 0 radical (unpaired) electrons. The summed E-state index contributed by atoms with van der Waals surface area (Å²) in [5, 5.41) is 4.80. The standard InChI is InChI=1S/C14H23N3O2S.ClH/c1-4-14(5-2,10-15)16-12(18)9-17(3)13(19)11-7-6-8-20-11;/h6-8H,4-5,9-10,15H2,1-3H3,(H,16,18);1H. The number of rotatable bonds is 7. The van der Waals surface area contributed by atoms with Crippen LogP contribution in [0.3, 0.4) is 0 Å². The van der Waals surface area contributed by atoms with E-state index in [1.807, 2.05) is 25.3 Å². The summed E-state index contributed by atoms with van der Waals surface area (Å²) >= 11 is 1.37. The van der Waals surface area contributed by atoms with Gasteiger partial charge in [0.2, 0.25) is 5.91 Å². The lowest BCUT2D eigenvalue weighted by Crippen LogP contribution is -2.55.